The number of benzene rings is 1. The molecule has 2 rings (SSSR count). The molecule has 1 saturated heterocycles. The minimum Gasteiger partial charge on any atom is -0.497 e. The third-order valence-corrected chi connectivity index (χ3v) is 6.97. The Bertz CT molecular complexity index is 719. The predicted octanol–water partition coefficient (Wildman–Crippen LogP) is 2.98. The Hall–Kier alpha value is -1.32. The number of hydrogen-bond acceptors (Lipinski definition) is 5. The van der Waals surface area contributed by atoms with Gasteiger partial charge in [-0.05, 0) is 43.0 Å². The van der Waals surface area contributed by atoms with Crippen LogP contribution < -0.4 is 4.74 Å². The van der Waals surface area contributed by atoms with Crippen LogP contribution in [0.4, 0.5) is 13.2 Å². The molecule has 3 atom stereocenters. The average molecular weight is 409 g/mol. The monoisotopic (exact) mass is 409 g/mol. The second-order valence-electron chi connectivity index (χ2n) is 7.21. The molecule has 0 aliphatic carbocycles. The number of halogens is 3. The van der Waals surface area contributed by atoms with Gasteiger partial charge < -0.3 is 9.84 Å². The molecule has 1 aromatic carbocycles. The minimum atomic E-state index is -4.80. The molecule has 1 aliphatic rings. The van der Waals surface area contributed by atoms with Crippen LogP contribution >= 0.6 is 0 Å². The number of aliphatic hydroxyl groups is 1. The lowest BCUT2D eigenvalue weighted by atomic mass is 9.96. The van der Waals surface area contributed by atoms with Crippen molar-refractivity contribution in [1.82, 2.24) is 4.90 Å². The largest absolute Gasteiger partial charge is 0.497 e. The number of likely N-dealkylation sites (tertiary alicyclic amines) is 1. The van der Waals surface area contributed by atoms with E-state index in [-0.39, 0.29) is 18.7 Å². The molecule has 154 valence electrons. The van der Waals surface area contributed by atoms with Crippen molar-refractivity contribution in [3.05, 3.63) is 29.8 Å². The molecule has 0 radical (unpaired) electrons. The maximum Gasteiger partial charge on any atom is 0.415 e. The second-order valence-corrected chi connectivity index (χ2v) is 9.37. The van der Waals surface area contributed by atoms with Gasteiger partial charge in [0.2, 0.25) is 0 Å². The first-order valence-corrected chi connectivity index (χ1v) is 10.5. The summed E-state index contributed by atoms with van der Waals surface area (Å²) in [5.41, 5.74) is 0.542. The molecule has 0 spiro atoms. The number of alkyl halides is 3. The van der Waals surface area contributed by atoms with E-state index in [1.807, 2.05) is 0 Å². The maximum absolute atomic E-state index is 13.1. The number of rotatable bonds is 7. The van der Waals surface area contributed by atoms with Crippen LogP contribution in [0.3, 0.4) is 0 Å². The van der Waals surface area contributed by atoms with Gasteiger partial charge >= 0.3 is 6.18 Å². The number of hydrogen-bond donors (Lipinski definition) is 1. The number of aliphatic hydroxyl groups excluding tert-OH is 1. The highest BCUT2D eigenvalue weighted by atomic mass is 32.2. The smallest absolute Gasteiger partial charge is 0.415 e. The first kappa shape index (κ1) is 22.0. The Morgan fingerprint density at radius 3 is 2.33 bits per heavy atom. The third kappa shape index (κ3) is 5.14. The van der Waals surface area contributed by atoms with Crippen LogP contribution in [0.2, 0.25) is 0 Å². The van der Waals surface area contributed by atoms with E-state index >= 15 is 0 Å². The summed E-state index contributed by atoms with van der Waals surface area (Å²) in [5.74, 6) is -0.240. The highest BCUT2D eigenvalue weighted by Gasteiger charge is 2.50. The quantitative estimate of drug-likeness (QED) is 0.750. The normalized spacial score (nSPS) is 21.4. The van der Waals surface area contributed by atoms with Gasteiger partial charge in [-0.3, -0.25) is 4.90 Å². The average Bonchev–Trinajstić information content (AvgIpc) is 3.04. The van der Waals surface area contributed by atoms with Gasteiger partial charge in [-0.2, -0.15) is 13.2 Å². The van der Waals surface area contributed by atoms with Gasteiger partial charge in [0.25, 0.3) is 0 Å². The summed E-state index contributed by atoms with van der Waals surface area (Å²) >= 11 is 0. The van der Waals surface area contributed by atoms with Crippen LogP contribution in [0.1, 0.15) is 32.3 Å². The second kappa shape index (κ2) is 8.36. The van der Waals surface area contributed by atoms with Gasteiger partial charge in [0.15, 0.2) is 15.9 Å². The van der Waals surface area contributed by atoms with E-state index in [2.05, 4.69) is 0 Å². The molecule has 1 aliphatic heterocycles. The van der Waals surface area contributed by atoms with Crippen LogP contribution in [0.15, 0.2) is 24.3 Å². The van der Waals surface area contributed by atoms with Crippen LogP contribution in [-0.2, 0) is 15.6 Å². The van der Waals surface area contributed by atoms with Crippen LogP contribution in [-0.4, -0.2) is 55.8 Å². The first-order chi connectivity index (χ1) is 12.5. The van der Waals surface area contributed by atoms with Crippen LogP contribution in [0.5, 0.6) is 5.75 Å². The lowest BCUT2D eigenvalue weighted by molar-refractivity contribution is -0.226. The van der Waals surface area contributed by atoms with Crippen molar-refractivity contribution < 1.29 is 31.4 Å². The minimum absolute atomic E-state index is 0.211. The summed E-state index contributed by atoms with van der Waals surface area (Å²) in [6.07, 6.45) is -6.66. The maximum atomic E-state index is 13.1. The molecule has 1 aromatic rings. The van der Waals surface area contributed by atoms with Crippen molar-refractivity contribution >= 4 is 9.84 Å². The molecule has 9 heteroatoms. The van der Waals surface area contributed by atoms with Gasteiger partial charge in [-0.1, -0.05) is 26.0 Å². The molecule has 5 nitrogen and oxygen atoms in total. The lowest BCUT2D eigenvalue weighted by Gasteiger charge is -2.38. The van der Waals surface area contributed by atoms with E-state index in [9.17, 15) is 26.7 Å². The van der Waals surface area contributed by atoms with E-state index in [4.69, 9.17) is 4.74 Å². The van der Waals surface area contributed by atoms with Gasteiger partial charge in [-0.25, -0.2) is 8.42 Å². The van der Waals surface area contributed by atoms with Crippen molar-refractivity contribution in [3.63, 3.8) is 0 Å². The van der Waals surface area contributed by atoms with Gasteiger partial charge in [0.1, 0.15) is 11.1 Å². The summed E-state index contributed by atoms with van der Waals surface area (Å²) in [4.78, 5) is 1.32. The predicted molar refractivity (Wildman–Crippen MR) is 96.0 cm³/mol. The van der Waals surface area contributed by atoms with Crippen molar-refractivity contribution in [3.8, 4) is 5.75 Å². The topological polar surface area (TPSA) is 66.8 Å². The highest BCUT2D eigenvalue weighted by molar-refractivity contribution is 7.91. The standard InChI is InChI=1S/C18H26F3NO4S/c1-12(2)16(17(23)18(19,20)21)22-10-4-5-15(22)27(24,25)11-13-6-8-14(26-3)9-7-13/h6-9,12,15-17,23H,4-5,10-11H2,1-3H3/t15?,16-,17-/m0/s1. The SMILES string of the molecule is COc1ccc(CS(=O)(=O)C2CCCN2[C@@H](C(C)C)[C@H](O)C(F)(F)F)cc1. The molecule has 1 unspecified atom stereocenters. The summed E-state index contributed by atoms with van der Waals surface area (Å²) in [7, 11) is -2.23. The fourth-order valence-corrected chi connectivity index (χ4v) is 5.69. The summed E-state index contributed by atoms with van der Waals surface area (Å²) in [5, 5.41) is 8.79. The Morgan fingerprint density at radius 2 is 1.85 bits per heavy atom. The molecule has 0 saturated carbocycles. The summed E-state index contributed by atoms with van der Waals surface area (Å²) in [6, 6.07) is 5.23. The molecule has 0 aromatic heterocycles. The fraction of sp³-hybridized carbons (Fsp3) is 0.667. The molecule has 27 heavy (non-hydrogen) atoms. The molecular weight excluding hydrogens is 383 g/mol. The zero-order chi connectivity index (χ0) is 20.4. The van der Waals surface area contributed by atoms with Crippen LogP contribution in [0, 0.1) is 5.92 Å². The zero-order valence-electron chi connectivity index (χ0n) is 15.6. The first-order valence-electron chi connectivity index (χ1n) is 8.82. The summed E-state index contributed by atoms with van der Waals surface area (Å²) in [6.45, 7) is 3.33. The van der Waals surface area contributed by atoms with E-state index < -0.39 is 39.5 Å². The Kier molecular flexibility index (Phi) is 6.81. The molecule has 0 bridgehead atoms. The third-order valence-electron chi connectivity index (χ3n) is 4.90. The van der Waals surface area contributed by atoms with Crippen molar-refractivity contribution in [2.45, 2.75) is 56.1 Å². The molecule has 1 fully saturated rings. The molecule has 0 amide bonds. The zero-order valence-corrected chi connectivity index (χ0v) is 16.4. The number of methoxy groups -OCH3 is 1. The van der Waals surface area contributed by atoms with E-state index in [1.165, 1.54) is 12.0 Å². The fourth-order valence-electron chi connectivity index (χ4n) is 3.66. The summed E-state index contributed by atoms with van der Waals surface area (Å²) < 4.78 is 70.3. The van der Waals surface area contributed by atoms with Gasteiger partial charge in [-0.15, -0.1) is 0 Å². The Balaban J connectivity index is 2.26. The van der Waals surface area contributed by atoms with E-state index in [0.29, 0.717) is 17.7 Å². The number of nitrogens with zero attached hydrogens (tertiary/aromatic N) is 1. The molecular formula is C18H26F3NO4S. The van der Waals surface area contributed by atoms with Crippen molar-refractivity contribution in [2.24, 2.45) is 5.92 Å². The van der Waals surface area contributed by atoms with Gasteiger partial charge in [0.05, 0.1) is 12.9 Å². The van der Waals surface area contributed by atoms with Crippen molar-refractivity contribution in [1.29, 1.82) is 0 Å². The van der Waals surface area contributed by atoms with E-state index in [1.54, 1.807) is 38.1 Å². The van der Waals surface area contributed by atoms with Gasteiger partial charge in [0, 0.05) is 6.04 Å². The molecule has 1 heterocycles. The lowest BCUT2D eigenvalue weighted by Crippen LogP contribution is -2.55. The van der Waals surface area contributed by atoms with Crippen molar-refractivity contribution in [2.75, 3.05) is 13.7 Å². The van der Waals surface area contributed by atoms with E-state index in [0.717, 1.165) is 0 Å². The highest BCUT2D eigenvalue weighted by Crippen LogP contribution is 2.35. The Morgan fingerprint density at radius 1 is 1.26 bits per heavy atom. The number of ether oxygens (including phenoxy) is 1. The molecule has 1 N–H and O–H groups in total. The van der Waals surface area contributed by atoms with Crippen LogP contribution in [0.25, 0.3) is 0 Å². The Labute approximate surface area is 158 Å². The number of sulfone groups is 1.